The maximum atomic E-state index is 10.9. The minimum atomic E-state index is -0.744. The van der Waals surface area contributed by atoms with E-state index in [9.17, 15) is 5.11 Å². The van der Waals surface area contributed by atoms with Crippen molar-refractivity contribution in [3.8, 4) is 0 Å². The molecule has 1 fully saturated rings. The lowest BCUT2D eigenvalue weighted by Crippen LogP contribution is -2.27. The first kappa shape index (κ1) is 14.1. The molecule has 0 saturated heterocycles. The number of imidazole rings is 1. The second-order valence-electron chi connectivity index (χ2n) is 6.38. The van der Waals surface area contributed by atoms with Crippen LogP contribution in [0, 0.1) is 11.8 Å². The molecule has 5 heteroatoms. The Morgan fingerprint density at radius 2 is 2.10 bits per heavy atom. The third kappa shape index (κ3) is 2.66. The molecule has 1 aromatic heterocycles. The first-order valence-corrected chi connectivity index (χ1v) is 9.10. The molecule has 20 heavy (non-hydrogen) atoms. The van der Waals surface area contributed by atoms with E-state index in [0.29, 0.717) is 11.8 Å². The fraction of sp³-hybridized carbons (Fsp3) is 0.733. The Labute approximate surface area is 123 Å². The van der Waals surface area contributed by atoms with E-state index in [1.807, 2.05) is 12.5 Å². The standard InChI is InChI=1S/C15H25N3OS/c1-11(2)8-14-17-13-9-16-10-18(13)20(14)15(19)12-6-4-3-5-7-12/h9-12,15,19-20H,3-8H2,1-2H3. The van der Waals surface area contributed by atoms with E-state index in [1.165, 1.54) is 37.1 Å². The predicted octanol–water partition coefficient (Wildman–Crippen LogP) is 3.64. The fourth-order valence-corrected chi connectivity index (χ4v) is 6.00. The van der Waals surface area contributed by atoms with Gasteiger partial charge in [0.05, 0.1) is 11.2 Å². The van der Waals surface area contributed by atoms with Crippen molar-refractivity contribution in [3.05, 3.63) is 12.5 Å². The number of nitrogens with zero attached hydrogens (tertiary/aromatic N) is 3. The van der Waals surface area contributed by atoms with E-state index in [2.05, 4.69) is 22.8 Å². The lowest BCUT2D eigenvalue weighted by molar-refractivity contribution is 0.158. The number of aliphatic imine (C=N–C) groups is 1. The first-order chi connectivity index (χ1) is 9.66. The maximum absolute atomic E-state index is 10.9. The van der Waals surface area contributed by atoms with Crippen molar-refractivity contribution in [2.75, 3.05) is 0 Å². The van der Waals surface area contributed by atoms with Crippen LogP contribution in [0.2, 0.25) is 0 Å². The van der Waals surface area contributed by atoms with Gasteiger partial charge in [0.25, 0.3) is 0 Å². The Hall–Kier alpha value is -0.810. The van der Waals surface area contributed by atoms with Crippen LogP contribution < -0.4 is 0 Å². The average molecular weight is 295 g/mol. The van der Waals surface area contributed by atoms with Crippen molar-refractivity contribution in [3.63, 3.8) is 0 Å². The quantitative estimate of drug-likeness (QED) is 0.833. The summed E-state index contributed by atoms with van der Waals surface area (Å²) in [5, 5.41) is 12.1. The number of thiol groups is 1. The highest BCUT2D eigenvalue weighted by Gasteiger charge is 2.34. The highest BCUT2D eigenvalue weighted by Crippen LogP contribution is 2.49. The smallest absolute Gasteiger partial charge is 0.162 e. The Morgan fingerprint density at radius 3 is 2.80 bits per heavy atom. The molecule has 1 aliphatic heterocycles. The van der Waals surface area contributed by atoms with Crippen molar-refractivity contribution in [2.45, 2.75) is 57.8 Å². The average Bonchev–Trinajstić information content (AvgIpc) is 2.98. The van der Waals surface area contributed by atoms with Gasteiger partial charge in [-0.15, -0.1) is 11.1 Å². The second-order valence-corrected chi connectivity index (χ2v) is 8.54. The van der Waals surface area contributed by atoms with E-state index in [0.717, 1.165) is 12.2 Å². The van der Waals surface area contributed by atoms with Crippen molar-refractivity contribution >= 4 is 21.9 Å². The van der Waals surface area contributed by atoms with Crippen LogP contribution in [0.1, 0.15) is 52.4 Å². The fourth-order valence-electron chi connectivity index (χ4n) is 3.25. The molecule has 0 aromatic carbocycles. The van der Waals surface area contributed by atoms with Crippen LogP contribution in [0.5, 0.6) is 0 Å². The second kappa shape index (κ2) is 5.90. The summed E-state index contributed by atoms with van der Waals surface area (Å²) in [6.07, 6.45) is 10.8. The normalized spacial score (nSPS) is 26.6. The molecule has 0 radical (unpaired) electrons. The summed E-state index contributed by atoms with van der Waals surface area (Å²) in [6, 6.07) is 0. The zero-order valence-electron chi connectivity index (χ0n) is 12.4. The molecular weight excluding hydrogens is 270 g/mol. The molecule has 2 unspecified atom stereocenters. The van der Waals surface area contributed by atoms with E-state index in [4.69, 9.17) is 4.99 Å². The molecule has 4 nitrogen and oxygen atoms in total. The molecular formula is C15H25N3OS. The van der Waals surface area contributed by atoms with Gasteiger partial charge in [0, 0.05) is 0 Å². The van der Waals surface area contributed by atoms with Gasteiger partial charge in [-0.3, -0.25) is 3.97 Å². The maximum Gasteiger partial charge on any atom is 0.162 e. The van der Waals surface area contributed by atoms with Gasteiger partial charge in [-0.2, -0.15) is 0 Å². The van der Waals surface area contributed by atoms with Crippen LogP contribution in [-0.2, 0) is 0 Å². The van der Waals surface area contributed by atoms with Gasteiger partial charge in [0.15, 0.2) is 5.82 Å². The van der Waals surface area contributed by atoms with Gasteiger partial charge in [-0.25, -0.2) is 9.98 Å². The van der Waals surface area contributed by atoms with Gasteiger partial charge in [-0.05, 0) is 31.1 Å². The van der Waals surface area contributed by atoms with Gasteiger partial charge in [-0.1, -0.05) is 33.1 Å². The predicted molar refractivity (Wildman–Crippen MR) is 85.7 cm³/mol. The summed E-state index contributed by atoms with van der Waals surface area (Å²) >= 11 is -0.744. The van der Waals surface area contributed by atoms with Crippen molar-refractivity contribution < 1.29 is 5.11 Å². The van der Waals surface area contributed by atoms with Crippen molar-refractivity contribution in [1.82, 2.24) is 8.96 Å². The Kier molecular flexibility index (Phi) is 4.17. The van der Waals surface area contributed by atoms with Crippen molar-refractivity contribution in [2.24, 2.45) is 16.8 Å². The highest BCUT2D eigenvalue weighted by molar-refractivity contribution is 8.29. The van der Waals surface area contributed by atoms with Gasteiger partial charge in [0.2, 0.25) is 0 Å². The van der Waals surface area contributed by atoms with Crippen LogP contribution in [0.4, 0.5) is 5.82 Å². The zero-order valence-corrected chi connectivity index (χ0v) is 13.3. The summed E-state index contributed by atoms with van der Waals surface area (Å²) in [7, 11) is 0. The summed E-state index contributed by atoms with van der Waals surface area (Å²) in [5.74, 6) is 1.96. The molecule has 0 amide bonds. The molecule has 2 heterocycles. The Morgan fingerprint density at radius 1 is 1.35 bits per heavy atom. The molecule has 1 aliphatic carbocycles. The van der Waals surface area contributed by atoms with Crippen LogP contribution in [0.25, 0.3) is 0 Å². The SMILES string of the molecule is CC(C)CC1=Nc2cncn2[SH]1C(O)C1CCCCC1. The number of hydrogen-bond acceptors (Lipinski definition) is 3. The monoisotopic (exact) mass is 295 g/mol. The van der Waals surface area contributed by atoms with E-state index in [-0.39, 0.29) is 5.44 Å². The van der Waals surface area contributed by atoms with Crippen LogP contribution >= 0.6 is 11.1 Å². The molecule has 2 atom stereocenters. The number of rotatable bonds is 4. The van der Waals surface area contributed by atoms with Crippen LogP contribution in [0.3, 0.4) is 0 Å². The molecule has 1 N–H and O–H groups in total. The van der Waals surface area contributed by atoms with E-state index >= 15 is 0 Å². The minimum absolute atomic E-state index is 0.252. The number of aliphatic hydroxyl groups excluding tert-OH is 1. The summed E-state index contributed by atoms with van der Waals surface area (Å²) in [4.78, 5) is 8.93. The molecule has 2 aliphatic rings. The summed E-state index contributed by atoms with van der Waals surface area (Å²) < 4.78 is 2.13. The third-order valence-electron chi connectivity index (χ3n) is 4.25. The number of aromatic nitrogens is 2. The first-order valence-electron chi connectivity index (χ1n) is 7.74. The van der Waals surface area contributed by atoms with Gasteiger partial charge < -0.3 is 5.11 Å². The Balaban J connectivity index is 1.83. The molecule has 3 rings (SSSR count). The van der Waals surface area contributed by atoms with Crippen molar-refractivity contribution in [1.29, 1.82) is 0 Å². The lowest BCUT2D eigenvalue weighted by atomic mass is 9.90. The number of fused-ring (bicyclic) bond motifs is 1. The molecule has 112 valence electrons. The molecule has 1 saturated carbocycles. The molecule has 1 aromatic rings. The summed E-state index contributed by atoms with van der Waals surface area (Å²) in [5.41, 5.74) is -0.252. The lowest BCUT2D eigenvalue weighted by Gasteiger charge is -2.34. The zero-order chi connectivity index (χ0) is 14.1. The van der Waals surface area contributed by atoms with Gasteiger partial charge >= 0.3 is 0 Å². The minimum Gasteiger partial charge on any atom is -0.382 e. The van der Waals surface area contributed by atoms with E-state index < -0.39 is 11.1 Å². The number of aliphatic hydroxyl groups is 1. The van der Waals surface area contributed by atoms with Crippen LogP contribution in [0.15, 0.2) is 17.5 Å². The molecule has 0 bridgehead atoms. The largest absolute Gasteiger partial charge is 0.382 e. The summed E-state index contributed by atoms with van der Waals surface area (Å²) in [6.45, 7) is 4.43. The Bertz CT molecular complexity index is 491. The number of hydrogen-bond donors (Lipinski definition) is 2. The van der Waals surface area contributed by atoms with Crippen LogP contribution in [-0.4, -0.2) is 24.5 Å². The highest BCUT2D eigenvalue weighted by atomic mass is 32.2. The third-order valence-corrected chi connectivity index (χ3v) is 6.76. The topological polar surface area (TPSA) is 50.4 Å². The van der Waals surface area contributed by atoms with E-state index in [1.54, 1.807) is 0 Å². The van der Waals surface area contributed by atoms with Gasteiger partial charge in [0.1, 0.15) is 11.8 Å². The molecule has 0 spiro atoms.